The largest absolute Gasteiger partial charge is 0.468 e. The molecule has 0 aliphatic rings. The quantitative estimate of drug-likeness (QED) is 0.452. The van der Waals surface area contributed by atoms with Crippen LogP contribution < -0.4 is 4.90 Å². The Labute approximate surface area is 115 Å². The van der Waals surface area contributed by atoms with Gasteiger partial charge in [-0.05, 0) is 6.42 Å². The van der Waals surface area contributed by atoms with Crippen LogP contribution >= 0.6 is 11.6 Å². The standard InChI is InChI=1S/C11H14ClN3O4/c1-3-4-14(7-10(16)19-2)11-9(12)5-8(6-13-11)15(17)18/h5-6H,3-4,7H2,1-2H3. The molecule has 0 bridgehead atoms. The van der Waals surface area contributed by atoms with Crippen molar-refractivity contribution in [2.45, 2.75) is 13.3 Å². The third-order valence-electron chi connectivity index (χ3n) is 2.36. The smallest absolute Gasteiger partial charge is 0.325 e. The second kappa shape index (κ2) is 6.89. The molecule has 1 aromatic heterocycles. The molecule has 0 aliphatic carbocycles. The molecule has 0 N–H and O–H groups in total. The van der Waals surface area contributed by atoms with Gasteiger partial charge in [0.2, 0.25) is 0 Å². The number of hydrogen-bond donors (Lipinski definition) is 0. The van der Waals surface area contributed by atoms with Crippen LogP contribution in [0, 0.1) is 10.1 Å². The summed E-state index contributed by atoms with van der Waals surface area (Å²) in [6.07, 6.45) is 1.88. The normalized spacial score (nSPS) is 10.1. The van der Waals surface area contributed by atoms with Crippen LogP contribution in [0.1, 0.15) is 13.3 Å². The van der Waals surface area contributed by atoms with Crippen molar-refractivity contribution in [2.24, 2.45) is 0 Å². The summed E-state index contributed by atoms with van der Waals surface area (Å²) >= 11 is 5.97. The van der Waals surface area contributed by atoms with E-state index in [1.54, 1.807) is 4.90 Å². The maximum atomic E-state index is 11.3. The van der Waals surface area contributed by atoms with Gasteiger partial charge in [-0.2, -0.15) is 0 Å². The maximum Gasteiger partial charge on any atom is 0.325 e. The molecule has 0 saturated heterocycles. The van der Waals surface area contributed by atoms with Gasteiger partial charge in [-0.3, -0.25) is 14.9 Å². The molecule has 0 unspecified atom stereocenters. The molecule has 19 heavy (non-hydrogen) atoms. The van der Waals surface area contributed by atoms with Crippen LogP contribution in [0.2, 0.25) is 5.02 Å². The zero-order valence-corrected chi connectivity index (χ0v) is 11.4. The van der Waals surface area contributed by atoms with Crippen LogP contribution in [0.4, 0.5) is 11.5 Å². The Morgan fingerprint density at radius 1 is 1.63 bits per heavy atom. The van der Waals surface area contributed by atoms with Crippen molar-refractivity contribution in [1.82, 2.24) is 4.98 Å². The average molecular weight is 288 g/mol. The molecule has 0 amide bonds. The molecule has 7 nitrogen and oxygen atoms in total. The number of halogens is 1. The van der Waals surface area contributed by atoms with Crippen molar-refractivity contribution < 1.29 is 14.5 Å². The van der Waals surface area contributed by atoms with Crippen molar-refractivity contribution in [2.75, 3.05) is 25.1 Å². The molecule has 0 aromatic carbocycles. The van der Waals surface area contributed by atoms with E-state index in [-0.39, 0.29) is 17.3 Å². The number of hydrogen-bond acceptors (Lipinski definition) is 6. The fourth-order valence-electron chi connectivity index (χ4n) is 1.50. The molecular formula is C11H14ClN3O4. The molecule has 1 heterocycles. The lowest BCUT2D eigenvalue weighted by Gasteiger charge is -2.22. The number of carbonyl (C=O) groups excluding carboxylic acids is 1. The highest BCUT2D eigenvalue weighted by Crippen LogP contribution is 2.27. The first-order chi connectivity index (χ1) is 8.99. The Hall–Kier alpha value is -1.89. The number of pyridine rings is 1. The Bertz CT molecular complexity index is 481. The minimum absolute atomic E-state index is 0.00509. The summed E-state index contributed by atoms with van der Waals surface area (Å²) in [5, 5.41) is 10.7. The highest BCUT2D eigenvalue weighted by molar-refractivity contribution is 6.33. The van der Waals surface area contributed by atoms with E-state index in [1.807, 2.05) is 6.92 Å². The Morgan fingerprint density at radius 2 is 2.32 bits per heavy atom. The van der Waals surface area contributed by atoms with Crippen LogP contribution in [-0.2, 0) is 9.53 Å². The number of ether oxygens (including phenoxy) is 1. The first-order valence-corrected chi connectivity index (χ1v) is 5.99. The second-order valence-corrected chi connectivity index (χ2v) is 4.16. The van der Waals surface area contributed by atoms with Gasteiger partial charge in [0.05, 0.1) is 17.1 Å². The minimum Gasteiger partial charge on any atom is -0.468 e. The first-order valence-electron chi connectivity index (χ1n) is 5.61. The molecule has 1 aromatic rings. The molecule has 0 saturated carbocycles. The molecular weight excluding hydrogens is 274 g/mol. The van der Waals surface area contributed by atoms with Crippen molar-refractivity contribution in [1.29, 1.82) is 0 Å². The number of carbonyl (C=O) groups is 1. The zero-order chi connectivity index (χ0) is 14.4. The van der Waals surface area contributed by atoms with Crippen molar-refractivity contribution in [3.63, 3.8) is 0 Å². The van der Waals surface area contributed by atoms with E-state index < -0.39 is 10.9 Å². The van der Waals surface area contributed by atoms with Gasteiger partial charge >= 0.3 is 5.97 Å². The van der Waals surface area contributed by atoms with Gasteiger partial charge in [0.15, 0.2) is 0 Å². The van der Waals surface area contributed by atoms with Crippen LogP contribution in [0.25, 0.3) is 0 Å². The van der Waals surface area contributed by atoms with Gasteiger partial charge in [-0.1, -0.05) is 18.5 Å². The average Bonchev–Trinajstić information content (AvgIpc) is 2.37. The second-order valence-electron chi connectivity index (χ2n) is 3.75. The Kier molecular flexibility index (Phi) is 5.50. The summed E-state index contributed by atoms with van der Waals surface area (Å²) in [5.74, 6) is -0.0933. The third-order valence-corrected chi connectivity index (χ3v) is 2.64. The lowest BCUT2D eigenvalue weighted by Crippen LogP contribution is -2.32. The maximum absolute atomic E-state index is 11.3. The SMILES string of the molecule is CCCN(CC(=O)OC)c1ncc([N+](=O)[O-])cc1Cl. The Morgan fingerprint density at radius 3 is 2.79 bits per heavy atom. The van der Waals surface area contributed by atoms with E-state index in [1.165, 1.54) is 13.2 Å². The van der Waals surface area contributed by atoms with E-state index in [0.29, 0.717) is 12.4 Å². The monoisotopic (exact) mass is 287 g/mol. The summed E-state index contributed by atoms with van der Waals surface area (Å²) < 4.78 is 4.59. The van der Waals surface area contributed by atoms with Crippen LogP contribution in [0.5, 0.6) is 0 Å². The molecule has 8 heteroatoms. The van der Waals surface area contributed by atoms with Crippen LogP contribution in [-0.4, -0.2) is 36.1 Å². The van der Waals surface area contributed by atoms with E-state index in [0.717, 1.165) is 12.6 Å². The van der Waals surface area contributed by atoms with Gasteiger partial charge in [0, 0.05) is 12.6 Å². The predicted octanol–water partition coefficient (Wildman–Crippen LogP) is 2.03. The molecule has 0 fully saturated rings. The number of anilines is 1. The molecule has 1 rings (SSSR count). The Balaban J connectivity index is 3.02. The highest BCUT2D eigenvalue weighted by Gasteiger charge is 2.18. The fourth-order valence-corrected chi connectivity index (χ4v) is 1.78. The van der Waals surface area contributed by atoms with Crippen LogP contribution in [0.3, 0.4) is 0 Å². The van der Waals surface area contributed by atoms with Gasteiger partial charge in [-0.25, -0.2) is 4.98 Å². The predicted molar refractivity (Wildman–Crippen MR) is 70.4 cm³/mol. The summed E-state index contributed by atoms with van der Waals surface area (Å²) in [6, 6.07) is 1.21. The van der Waals surface area contributed by atoms with Crippen molar-refractivity contribution >= 4 is 29.1 Å². The zero-order valence-electron chi connectivity index (χ0n) is 10.6. The van der Waals surface area contributed by atoms with Gasteiger partial charge < -0.3 is 9.64 Å². The van der Waals surface area contributed by atoms with E-state index in [2.05, 4.69) is 9.72 Å². The van der Waals surface area contributed by atoms with Crippen LogP contribution in [0.15, 0.2) is 12.3 Å². The number of nitro groups is 1. The summed E-state index contributed by atoms with van der Waals surface area (Å²) in [5.41, 5.74) is -0.191. The van der Waals surface area contributed by atoms with Gasteiger partial charge in [0.25, 0.3) is 5.69 Å². The summed E-state index contributed by atoms with van der Waals surface area (Å²) in [6.45, 7) is 2.47. The van der Waals surface area contributed by atoms with E-state index in [9.17, 15) is 14.9 Å². The number of rotatable bonds is 6. The molecule has 0 radical (unpaired) electrons. The van der Waals surface area contributed by atoms with Gasteiger partial charge in [0.1, 0.15) is 18.6 Å². The van der Waals surface area contributed by atoms with Gasteiger partial charge in [-0.15, -0.1) is 0 Å². The molecule has 104 valence electrons. The lowest BCUT2D eigenvalue weighted by atomic mass is 10.3. The third kappa shape index (κ3) is 4.06. The summed E-state index contributed by atoms with van der Waals surface area (Å²) in [4.78, 5) is 26.9. The number of aromatic nitrogens is 1. The fraction of sp³-hybridized carbons (Fsp3) is 0.455. The summed E-state index contributed by atoms with van der Waals surface area (Å²) in [7, 11) is 1.29. The first kappa shape index (κ1) is 15.2. The molecule has 0 atom stereocenters. The number of methoxy groups -OCH3 is 1. The number of nitrogens with zero attached hydrogens (tertiary/aromatic N) is 3. The topological polar surface area (TPSA) is 85.6 Å². The highest BCUT2D eigenvalue weighted by atomic mass is 35.5. The van der Waals surface area contributed by atoms with E-state index in [4.69, 9.17) is 11.6 Å². The minimum atomic E-state index is -0.576. The number of esters is 1. The van der Waals surface area contributed by atoms with E-state index >= 15 is 0 Å². The molecule has 0 aliphatic heterocycles. The van der Waals surface area contributed by atoms with Crippen molar-refractivity contribution in [3.05, 3.63) is 27.4 Å². The van der Waals surface area contributed by atoms with Crippen molar-refractivity contribution in [3.8, 4) is 0 Å². The molecule has 0 spiro atoms. The lowest BCUT2D eigenvalue weighted by molar-refractivity contribution is -0.385.